The van der Waals surface area contributed by atoms with Crippen molar-refractivity contribution in [1.82, 2.24) is 4.90 Å². The van der Waals surface area contributed by atoms with Gasteiger partial charge in [-0.2, -0.15) is 0 Å². The zero-order valence-electron chi connectivity index (χ0n) is 15.1. The fourth-order valence-corrected chi connectivity index (χ4v) is 5.59. The van der Waals surface area contributed by atoms with Crippen LogP contribution >= 0.6 is 15.9 Å². The maximum absolute atomic E-state index is 12.7. The summed E-state index contributed by atoms with van der Waals surface area (Å²) in [6.45, 7) is 0.754. The van der Waals surface area contributed by atoms with E-state index in [0.29, 0.717) is 30.7 Å². The number of carbonyl (C=O) groups excluding carboxylic acids is 1. The van der Waals surface area contributed by atoms with Crippen molar-refractivity contribution in [2.75, 3.05) is 20.2 Å². The van der Waals surface area contributed by atoms with E-state index in [-0.39, 0.29) is 12.5 Å². The number of likely N-dealkylation sites (tertiary alicyclic amines) is 1. The minimum absolute atomic E-state index is 0.00676. The van der Waals surface area contributed by atoms with Gasteiger partial charge < -0.3 is 9.64 Å². The molecule has 0 aromatic heterocycles. The Balaban J connectivity index is 1.59. The number of nitrogens with zero attached hydrogens (tertiary/aromatic N) is 1. The van der Waals surface area contributed by atoms with Crippen molar-refractivity contribution in [2.45, 2.75) is 29.4 Å². The zero-order valence-corrected chi connectivity index (χ0v) is 17.5. The third-order valence-corrected chi connectivity index (χ3v) is 7.66. The van der Waals surface area contributed by atoms with Gasteiger partial charge in [-0.05, 0) is 58.6 Å². The maximum Gasteiger partial charge on any atom is 0.222 e. The molecular formula is C20H22BrNO4S. The normalized spacial score (nSPS) is 17.1. The molecule has 0 aliphatic carbocycles. The molecule has 27 heavy (non-hydrogen) atoms. The van der Waals surface area contributed by atoms with E-state index in [1.165, 1.54) is 0 Å². The number of hydrogen-bond donors (Lipinski definition) is 0. The zero-order chi connectivity index (χ0) is 19.4. The van der Waals surface area contributed by atoms with Gasteiger partial charge in [0.2, 0.25) is 5.91 Å². The summed E-state index contributed by atoms with van der Waals surface area (Å²) in [5, 5.41) is -0.529. The van der Waals surface area contributed by atoms with Gasteiger partial charge in [-0.25, -0.2) is 8.42 Å². The number of halogens is 1. The first-order valence-corrected chi connectivity index (χ1v) is 11.1. The summed E-state index contributed by atoms with van der Waals surface area (Å²) in [7, 11) is -1.79. The molecule has 1 aliphatic heterocycles. The molecule has 1 aliphatic rings. The lowest BCUT2D eigenvalue weighted by atomic mass is 10.1. The molecule has 0 saturated carbocycles. The predicted octanol–water partition coefficient (Wildman–Crippen LogP) is 3.47. The highest BCUT2D eigenvalue weighted by atomic mass is 79.9. The van der Waals surface area contributed by atoms with Gasteiger partial charge in [0.15, 0.2) is 9.84 Å². The summed E-state index contributed by atoms with van der Waals surface area (Å²) in [5.41, 5.74) is 1.03. The number of ether oxygens (including phenoxy) is 1. The Morgan fingerprint density at radius 1 is 1.22 bits per heavy atom. The Kier molecular flexibility index (Phi) is 6.22. The average molecular weight is 452 g/mol. The fraction of sp³-hybridized carbons (Fsp3) is 0.350. The van der Waals surface area contributed by atoms with E-state index < -0.39 is 15.1 Å². The van der Waals surface area contributed by atoms with Crippen LogP contribution in [0.3, 0.4) is 0 Å². The Morgan fingerprint density at radius 2 is 1.96 bits per heavy atom. The number of amides is 1. The van der Waals surface area contributed by atoms with E-state index in [9.17, 15) is 13.2 Å². The molecule has 0 radical (unpaired) electrons. The van der Waals surface area contributed by atoms with Gasteiger partial charge >= 0.3 is 0 Å². The second-order valence-electron chi connectivity index (χ2n) is 6.58. The standard InChI is InChI=1S/C20H22BrNO4S/c1-26-19-9-7-15(13-18(19)21)8-10-20(23)22-12-11-17(14-22)27(24,25)16-5-3-2-4-6-16/h2-7,9,13,17H,8,10-12,14H2,1H3. The summed E-state index contributed by atoms with van der Waals surface area (Å²) < 4.78 is 31.5. The van der Waals surface area contributed by atoms with Gasteiger partial charge in [0.1, 0.15) is 5.75 Å². The number of carbonyl (C=O) groups is 1. The second kappa shape index (κ2) is 8.44. The summed E-state index contributed by atoms with van der Waals surface area (Å²) in [6.07, 6.45) is 1.45. The monoisotopic (exact) mass is 451 g/mol. The molecule has 1 heterocycles. The SMILES string of the molecule is COc1ccc(CCC(=O)N2CCC(S(=O)(=O)c3ccccc3)C2)cc1Br. The molecule has 5 nitrogen and oxygen atoms in total. The maximum atomic E-state index is 12.7. The minimum atomic E-state index is -3.40. The van der Waals surface area contributed by atoms with Crippen LogP contribution < -0.4 is 4.74 Å². The van der Waals surface area contributed by atoms with E-state index in [4.69, 9.17) is 4.74 Å². The molecule has 0 spiro atoms. The quantitative estimate of drug-likeness (QED) is 0.674. The molecule has 1 amide bonds. The van der Waals surface area contributed by atoms with Crippen molar-refractivity contribution in [3.8, 4) is 5.75 Å². The molecular weight excluding hydrogens is 430 g/mol. The van der Waals surface area contributed by atoms with Crippen molar-refractivity contribution in [3.05, 3.63) is 58.6 Å². The number of hydrogen-bond acceptors (Lipinski definition) is 4. The van der Waals surface area contributed by atoms with Crippen molar-refractivity contribution in [2.24, 2.45) is 0 Å². The van der Waals surface area contributed by atoms with E-state index in [0.717, 1.165) is 15.8 Å². The first-order chi connectivity index (χ1) is 12.9. The second-order valence-corrected chi connectivity index (χ2v) is 9.66. The summed E-state index contributed by atoms with van der Waals surface area (Å²) in [5.74, 6) is 0.742. The highest BCUT2D eigenvalue weighted by molar-refractivity contribution is 9.10. The van der Waals surface area contributed by atoms with Gasteiger partial charge in [-0.3, -0.25) is 4.79 Å². The van der Waals surface area contributed by atoms with E-state index in [1.807, 2.05) is 18.2 Å². The Hall–Kier alpha value is -1.86. The molecule has 3 rings (SSSR count). The first kappa shape index (κ1) is 19.9. The van der Waals surface area contributed by atoms with Crippen LogP contribution in [0, 0.1) is 0 Å². The fourth-order valence-electron chi connectivity index (χ4n) is 3.29. The Labute approximate surface area is 168 Å². The van der Waals surface area contributed by atoms with Crippen molar-refractivity contribution in [3.63, 3.8) is 0 Å². The first-order valence-electron chi connectivity index (χ1n) is 8.81. The minimum Gasteiger partial charge on any atom is -0.496 e. The Bertz CT molecular complexity index is 915. The van der Waals surface area contributed by atoms with Crippen molar-refractivity contribution < 1.29 is 17.9 Å². The van der Waals surface area contributed by atoms with Crippen LogP contribution in [0.5, 0.6) is 5.75 Å². The lowest BCUT2D eigenvalue weighted by Gasteiger charge is -2.17. The third-order valence-electron chi connectivity index (χ3n) is 4.85. The van der Waals surface area contributed by atoms with Crippen LogP contribution in [-0.2, 0) is 21.1 Å². The topological polar surface area (TPSA) is 63.7 Å². The van der Waals surface area contributed by atoms with Gasteiger partial charge in [-0.15, -0.1) is 0 Å². The van der Waals surface area contributed by atoms with Crippen LogP contribution in [0.1, 0.15) is 18.4 Å². The summed E-state index contributed by atoms with van der Waals surface area (Å²) >= 11 is 3.45. The summed E-state index contributed by atoms with van der Waals surface area (Å²) in [4.78, 5) is 14.5. The van der Waals surface area contributed by atoms with Crippen LogP contribution in [0.2, 0.25) is 0 Å². The van der Waals surface area contributed by atoms with Crippen molar-refractivity contribution >= 4 is 31.7 Å². The average Bonchev–Trinajstić information content (AvgIpc) is 3.18. The number of sulfone groups is 1. The molecule has 0 bridgehead atoms. The largest absolute Gasteiger partial charge is 0.496 e. The lowest BCUT2D eigenvalue weighted by Crippen LogP contribution is -2.32. The molecule has 7 heteroatoms. The van der Waals surface area contributed by atoms with Gasteiger partial charge in [0.05, 0.1) is 21.7 Å². The number of benzene rings is 2. The van der Waals surface area contributed by atoms with Crippen molar-refractivity contribution in [1.29, 1.82) is 0 Å². The van der Waals surface area contributed by atoms with Gasteiger partial charge in [-0.1, -0.05) is 24.3 Å². The summed E-state index contributed by atoms with van der Waals surface area (Å²) in [6, 6.07) is 14.2. The highest BCUT2D eigenvalue weighted by Crippen LogP contribution is 2.27. The number of rotatable bonds is 6. The van der Waals surface area contributed by atoms with Crippen LogP contribution in [0.4, 0.5) is 0 Å². The predicted molar refractivity (Wildman–Crippen MR) is 108 cm³/mol. The molecule has 2 aromatic rings. The molecule has 144 valence electrons. The number of aryl methyl sites for hydroxylation is 1. The van der Waals surface area contributed by atoms with Crippen LogP contribution in [0.15, 0.2) is 57.9 Å². The molecule has 0 N–H and O–H groups in total. The molecule has 1 atom stereocenters. The third kappa shape index (κ3) is 4.52. The van der Waals surface area contributed by atoms with Crippen LogP contribution in [-0.4, -0.2) is 44.7 Å². The van der Waals surface area contributed by atoms with E-state index in [2.05, 4.69) is 15.9 Å². The molecule has 1 unspecified atom stereocenters. The molecule has 2 aromatic carbocycles. The van der Waals surface area contributed by atoms with E-state index >= 15 is 0 Å². The van der Waals surface area contributed by atoms with Gasteiger partial charge in [0.25, 0.3) is 0 Å². The smallest absolute Gasteiger partial charge is 0.222 e. The number of methoxy groups -OCH3 is 1. The molecule has 1 fully saturated rings. The lowest BCUT2D eigenvalue weighted by molar-refractivity contribution is -0.130. The van der Waals surface area contributed by atoms with Gasteiger partial charge in [0, 0.05) is 19.5 Å². The highest BCUT2D eigenvalue weighted by Gasteiger charge is 2.35. The van der Waals surface area contributed by atoms with Crippen LogP contribution in [0.25, 0.3) is 0 Å². The Morgan fingerprint density at radius 3 is 2.63 bits per heavy atom. The molecule has 1 saturated heterocycles. The van der Waals surface area contributed by atoms with E-state index in [1.54, 1.807) is 42.3 Å².